The van der Waals surface area contributed by atoms with Gasteiger partial charge in [0.15, 0.2) is 0 Å². The minimum atomic E-state index is -4.57. The highest BCUT2D eigenvalue weighted by molar-refractivity contribution is 7.47. The second-order valence-corrected chi connectivity index (χ2v) is 8.57. The highest BCUT2D eigenvalue weighted by Gasteiger charge is 2.35. The van der Waals surface area contributed by atoms with E-state index >= 15 is 0 Å². The van der Waals surface area contributed by atoms with Crippen molar-refractivity contribution in [3.63, 3.8) is 0 Å². The first kappa shape index (κ1) is 22.2. The summed E-state index contributed by atoms with van der Waals surface area (Å²) in [5, 5.41) is 0. The van der Waals surface area contributed by atoms with Crippen LogP contribution in [0.5, 0.6) is 0 Å². The van der Waals surface area contributed by atoms with Crippen LogP contribution in [0.15, 0.2) is 0 Å². The molecule has 0 aromatic rings. The van der Waals surface area contributed by atoms with Gasteiger partial charge in [0.05, 0.1) is 18.8 Å². The Bertz CT molecular complexity index is 421. The predicted octanol–water partition coefficient (Wildman–Crippen LogP) is 3.08. The van der Waals surface area contributed by atoms with Crippen molar-refractivity contribution in [2.45, 2.75) is 53.1 Å². The first-order valence-corrected chi connectivity index (χ1v) is 10.2. The molecule has 0 spiro atoms. The molecule has 0 heterocycles. The predicted molar refractivity (Wildman–Crippen MR) is 82.2 cm³/mol. The van der Waals surface area contributed by atoms with Crippen LogP contribution in [-0.2, 0) is 22.7 Å². The van der Waals surface area contributed by atoms with E-state index in [0.717, 1.165) is 0 Å². The standard InChI is InChI=1S/C12H28O8P2/c1-6-12(5,7-8-18-21(13,14)15)20-22(16,17)19-9-11(4)10(2)3/h10-11H,6-9H2,1-5H3,(H,16,17)(H2,13,14,15). The average molecular weight is 362 g/mol. The maximum Gasteiger partial charge on any atom is 0.472 e. The number of rotatable bonds is 11. The van der Waals surface area contributed by atoms with Gasteiger partial charge in [-0.3, -0.25) is 13.6 Å². The Hall–Kier alpha value is 0.220. The summed E-state index contributed by atoms with van der Waals surface area (Å²) in [6, 6.07) is 0. The van der Waals surface area contributed by atoms with E-state index in [2.05, 4.69) is 4.52 Å². The molecule has 3 N–H and O–H groups in total. The van der Waals surface area contributed by atoms with Gasteiger partial charge in [-0.2, -0.15) is 0 Å². The highest BCUT2D eigenvalue weighted by atomic mass is 31.2. The maximum atomic E-state index is 12.0. The summed E-state index contributed by atoms with van der Waals surface area (Å²) < 4.78 is 37.1. The molecule has 0 radical (unpaired) electrons. The van der Waals surface area contributed by atoms with Crippen LogP contribution in [-0.4, -0.2) is 33.5 Å². The quantitative estimate of drug-likeness (QED) is 0.479. The highest BCUT2D eigenvalue weighted by Crippen LogP contribution is 2.49. The first-order chi connectivity index (χ1) is 9.80. The Kier molecular flexibility index (Phi) is 8.99. The van der Waals surface area contributed by atoms with Gasteiger partial charge in [0.2, 0.25) is 0 Å². The van der Waals surface area contributed by atoms with Crippen molar-refractivity contribution >= 4 is 15.6 Å². The minimum absolute atomic E-state index is 0.0439. The number of phosphoric ester groups is 2. The van der Waals surface area contributed by atoms with Crippen molar-refractivity contribution in [3.8, 4) is 0 Å². The third-order valence-electron chi connectivity index (χ3n) is 3.61. The molecule has 10 heteroatoms. The molecule has 0 saturated carbocycles. The van der Waals surface area contributed by atoms with E-state index in [1.807, 2.05) is 20.8 Å². The molecule has 0 bridgehead atoms. The molecule has 0 aliphatic heterocycles. The summed E-state index contributed by atoms with van der Waals surface area (Å²) in [5.41, 5.74) is -1.08. The van der Waals surface area contributed by atoms with Gasteiger partial charge < -0.3 is 14.7 Å². The summed E-state index contributed by atoms with van der Waals surface area (Å²) in [6.07, 6.45) is 0.396. The molecule has 0 rings (SSSR count). The van der Waals surface area contributed by atoms with Crippen LogP contribution >= 0.6 is 15.6 Å². The third kappa shape index (κ3) is 10.1. The zero-order chi connectivity index (χ0) is 17.6. The van der Waals surface area contributed by atoms with E-state index in [9.17, 15) is 14.0 Å². The van der Waals surface area contributed by atoms with Gasteiger partial charge in [-0.15, -0.1) is 0 Å². The Morgan fingerprint density at radius 2 is 1.64 bits per heavy atom. The van der Waals surface area contributed by atoms with E-state index in [0.29, 0.717) is 12.3 Å². The van der Waals surface area contributed by atoms with Gasteiger partial charge in [0, 0.05) is 6.42 Å². The van der Waals surface area contributed by atoms with Gasteiger partial charge in [0.1, 0.15) is 0 Å². The molecule has 0 aromatic carbocycles. The van der Waals surface area contributed by atoms with Gasteiger partial charge in [0.25, 0.3) is 0 Å². The Morgan fingerprint density at radius 3 is 2.05 bits per heavy atom. The Morgan fingerprint density at radius 1 is 1.09 bits per heavy atom. The molecule has 22 heavy (non-hydrogen) atoms. The minimum Gasteiger partial charge on any atom is -0.303 e. The van der Waals surface area contributed by atoms with Crippen molar-refractivity contribution in [1.82, 2.24) is 0 Å². The third-order valence-corrected chi connectivity index (χ3v) is 5.28. The fraction of sp³-hybridized carbons (Fsp3) is 1.00. The molecule has 3 atom stereocenters. The van der Waals surface area contributed by atoms with E-state index in [1.165, 1.54) is 0 Å². The van der Waals surface area contributed by atoms with E-state index in [4.69, 9.17) is 18.8 Å². The zero-order valence-corrected chi connectivity index (χ0v) is 15.5. The second-order valence-electron chi connectivity index (χ2n) is 5.95. The summed E-state index contributed by atoms with van der Waals surface area (Å²) in [6.45, 7) is 8.95. The largest absolute Gasteiger partial charge is 0.472 e. The number of hydrogen-bond donors (Lipinski definition) is 3. The summed E-state index contributed by atoms with van der Waals surface area (Å²) in [7, 11) is -8.82. The zero-order valence-electron chi connectivity index (χ0n) is 13.8. The van der Waals surface area contributed by atoms with Gasteiger partial charge >= 0.3 is 15.6 Å². The van der Waals surface area contributed by atoms with Crippen LogP contribution in [0.25, 0.3) is 0 Å². The molecule has 3 unspecified atom stereocenters. The monoisotopic (exact) mass is 362 g/mol. The molecule has 134 valence electrons. The van der Waals surface area contributed by atoms with E-state index in [-0.39, 0.29) is 25.6 Å². The van der Waals surface area contributed by atoms with Crippen molar-refractivity contribution < 1.29 is 37.4 Å². The summed E-state index contributed by atoms with van der Waals surface area (Å²) in [5.74, 6) is 0.393. The number of phosphoric acid groups is 2. The van der Waals surface area contributed by atoms with E-state index < -0.39 is 21.2 Å². The lowest BCUT2D eigenvalue weighted by atomic mass is 10.00. The lowest BCUT2D eigenvalue weighted by molar-refractivity contribution is 0.0101. The molecule has 0 aliphatic carbocycles. The molecule has 0 aromatic heterocycles. The van der Waals surface area contributed by atoms with Gasteiger partial charge in [-0.05, 0) is 25.2 Å². The van der Waals surface area contributed by atoms with Crippen LogP contribution in [0.2, 0.25) is 0 Å². The van der Waals surface area contributed by atoms with Gasteiger partial charge in [-0.25, -0.2) is 9.13 Å². The lowest BCUT2D eigenvalue weighted by Crippen LogP contribution is -2.29. The molecule has 0 fully saturated rings. The van der Waals surface area contributed by atoms with Crippen molar-refractivity contribution in [2.24, 2.45) is 11.8 Å². The van der Waals surface area contributed by atoms with Crippen LogP contribution in [0.4, 0.5) is 0 Å². The maximum absolute atomic E-state index is 12.0. The van der Waals surface area contributed by atoms with Crippen molar-refractivity contribution in [2.75, 3.05) is 13.2 Å². The van der Waals surface area contributed by atoms with Crippen LogP contribution in [0, 0.1) is 11.8 Å². The summed E-state index contributed by atoms with van der Waals surface area (Å²) in [4.78, 5) is 27.1. The molecule has 0 aliphatic rings. The molecular formula is C12H28O8P2. The van der Waals surface area contributed by atoms with Crippen LogP contribution in [0.3, 0.4) is 0 Å². The molecule has 0 amide bonds. The van der Waals surface area contributed by atoms with Crippen LogP contribution in [0.1, 0.15) is 47.5 Å². The van der Waals surface area contributed by atoms with Crippen LogP contribution < -0.4 is 0 Å². The Labute approximate surface area is 132 Å². The molecule has 0 saturated heterocycles. The number of hydrogen-bond acceptors (Lipinski definition) is 5. The average Bonchev–Trinajstić information content (AvgIpc) is 2.33. The molecule has 8 nitrogen and oxygen atoms in total. The van der Waals surface area contributed by atoms with E-state index in [1.54, 1.807) is 13.8 Å². The SMILES string of the molecule is CCC(C)(CCOP(=O)(O)O)OP(=O)(O)OCC(C)C(C)C. The fourth-order valence-electron chi connectivity index (χ4n) is 1.38. The van der Waals surface area contributed by atoms with Crippen molar-refractivity contribution in [1.29, 1.82) is 0 Å². The first-order valence-electron chi connectivity index (χ1n) is 7.18. The van der Waals surface area contributed by atoms with Gasteiger partial charge in [-0.1, -0.05) is 27.7 Å². The molecular weight excluding hydrogens is 334 g/mol. The smallest absolute Gasteiger partial charge is 0.303 e. The Balaban J connectivity index is 4.54. The topological polar surface area (TPSA) is 123 Å². The normalized spacial score (nSPS) is 19.7. The van der Waals surface area contributed by atoms with Crippen molar-refractivity contribution in [3.05, 3.63) is 0 Å². The second kappa shape index (κ2) is 8.90. The fourth-order valence-corrected chi connectivity index (χ4v) is 2.96. The summed E-state index contributed by atoms with van der Waals surface area (Å²) >= 11 is 0. The lowest BCUT2D eigenvalue weighted by Gasteiger charge is -2.30.